The molecule has 0 aliphatic carbocycles. The van der Waals surface area contributed by atoms with Crippen LogP contribution in [0.2, 0.25) is 0 Å². The van der Waals surface area contributed by atoms with E-state index in [1.165, 1.54) is 0 Å². The van der Waals surface area contributed by atoms with Crippen LogP contribution in [0.3, 0.4) is 0 Å². The Morgan fingerprint density at radius 1 is 1.27 bits per heavy atom. The van der Waals surface area contributed by atoms with Crippen LogP contribution < -0.4 is 0 Å². The summed E-state index contributed by atoms with van der Waals surface area (Å²) in [7, 11) is 1.70. The number of aliphatic hydroxyl groups excluding tert-OH is 1. The van der Waals surface area contributed by atoms with Gasteiger partial charge in [-0.15, -0.1) is 0 Å². The maximum absolute atomic E-state index is 12.6. The van der Waals surface area contributed by atoms with Crippen molar-refractivity contribution in [3.8, 4) is 5.69 Å². The number of aromatic nitrogens is 2. The van der Waals surface area contributed by atoms with E-state index in [0.717, 1.165) is 5.69 Å². The van der Waals surface area contributed by atoms with Gasteiger partial charge in [0.1, 0.15) is 0 Å². The van der Waals surface area contributed by atoms with E-state index in [2.05, 4.69) is 5.10 Å². The molecule has 1 aromatic heterocycles. The first-order chi connectivity index (χ1) is 10.3. The van der Waals surface area contributed by atoms with Crippen LogP contribution in [-0.2, 0) is 0 Å². The molecule has 1 N–H and O–H groups in total. The van der Waals surface area contributed by atoms with E-state index in [4.69, 9.17) is 0 Å². The number of benzene rings is 1. The van der Waals surface area contributed by atoms with Crippen LogP contribution in [0.15, 0.2) is 42.6 Å². The quantitative estimate of drug-likeness (QED) is 0.943. The molecule has 0 aliphatic heterocycles. The normalized spacial score (nSPS) is 13.0. The number of carbonyl (C=O) groups excluding carboxylic acids is 1. The van der Waals surface area contributed by atoms with Crippen LogP contribution in [0.4, 0.5) is 0 Å². The minimum Gasteiger partial charge on any atom is -0.394 e. The molecule has 0 unspecified atom stereocenters. The molecule has 1 aromatic carbocycles. The van der Waals surface area contributed by atoms with Gasteiger partial charge in [0.05, 0.1) is 18.3 Å². The number of amides is 1. The molecule has 1 heterocycles. The fourth-order valence-corrected chi connectivity index (χ4v) is 2.46. The van der Waals surface area contributed by atoms with Crippen molar-refractivity contribution in [2.75, 3.05) is 13.7 Å². The number of nitrogens with zero attached hydrogens (tertiary/aromatic N) is 3. The van der Waals surface area contributed by atoms with Crippen molar-refractivity contribution in [3.05, 3.63) is 48.3 Å². The van der Waals surface area contributed by atoms with Crippen molar-refractivity contribution < 1.29 is 9.90 Å². The van der Waals surface area contributed by atoms with Gasteiger partial charge < -0.3 is 10.0 Å². The number of rotatable bonds is 4. The molecule has 118 valence electrons. The lowest BCUT2D eigenvalue weighted by Crippen LogP contribution is -2.47. The Hall–Kier alpha value is -2.14. The van der Waals surface area contributed by atoms with Crippen molar-refractivity contribution >= 4 is 5.91 Å². The molecule has 0 spiro atoms. The van der Waals surface area contributed by atoms with E-state index in [1.807, 2.05) is 51.1 Å². The maximum atomic E-state index is 12.6. The number of carbonyl (C=O) groups is 1. The molecule has 1 atom stereocenters. The molecule has 0 aliphatic rings. The van der Waals surface area contributed by atoms with Crippen molar-refractivity contribution in [2.45, 2.75) is 26.8 Å². The molecule has 0 saturated carbocycles. The number of para-hydroxylation sites is 1. The average Bonchev–Trinajstić information content (AvgIpc) is 2.96. The van der Waals surface area contributed by atoms with E-state index < -0.39 is 0 Å². The van der Waals surface area contributed by atoms with Crippen molar-refractivity contribution in [1.82, 2.24) is 14.7 Å². The summed E-state index contributed by atoms with van der Waals surface area (Å²) in [5.41, 5.74) is 1.06. The van der Waals surface area contributed by atoms with Crippen LogP contribution in [0.1, 0.15) is 31.3 Å². The fourth-order valence-electron chi connectivity index (χ4n) is 2.46. The third-order valence-corrected chi connectivity index (χ3v) is 3.79. The van der Waals surface area contributed by atoms with E-state index in [0.29, 0.717) is 5.69 Å². The Labute approximate surface area is 131 Å². The predicted octanol–water partition coefficient (Wildman–Crippen LogP) is 2.35. The first-order valence-corrected chi connectivity index (χ1v) is 7.33. The molecule has 0 fully saturated rings. The standard InChI is InChI=1S/C17H23N3O2/c1-17(2,3)15(12-21)19(4)16(22)14-10-11-20(18-14)13-8-6-5-7-9-13/h5-11,15,21H,12H2,1-4H3/t15-/m0/s1. The van der Waals surface area contributed by atoms with Gasteiger partial charge in [-0.25, -0.2) is 4.68 Å². The van der Waals surface area contributed by atoms with Crippen LogP contribution in [0.5, 0.6) is 0 Å². The van der Waals surface area contributed by atoms with Gasteiger partial charge in [-0.05, 0) is 23.6 Å². The van der Waals surface area contributed by atoms with Gasteiger partial charge >= 0.3 is 0 Å². The zero-order chi connectivity index (χ0) is 16.3. The molecule has 0 radical (unpaired) electrons. The molecule has 5 nitrogen and oxygen atoms in total. The lowest BCUT2D eigenvalue weighted by Gasteiger charge is -2.36. The van der Waals surface area contributed by atoms with Crippen LogP contribution in [0.25, 0.3) is 5.69 Å². The highest BCUT2D eigenvalue weighted by molar-refractivity contribution is 5.92. The highest BCUT2D eigenvalue weighted by Gasteiger charge is 2.31. The van der Waals surface area contributed by atoms with Crippen molar-refractivity contribution in [2.24, 2.45) is 5.41 Å². The van der Waals surface area contributed by atoms with E-state index in [-0.39, 0.29) is 24.0 Å². The second-order valence-corrected chi connectivity index (χ2v) is 6.46. The second-order valence-electron chi connectivity index (χ2n) is 6.46. The lowest BCUT2D eigenvalue weighted by molar-refractivity contribution is 0.0428. The van der Waals surface area contributed by atoms with Gasteiger partial charge in [0.2, 0.25) is 0 Å². The molecule has 0 saturated heterocycles. The van der Waals surface area contributed by atoms with Gasteiger partial charge in [-0.3, -0.25) is 4.79 Å². The average molecular weight is 301 g/mol. The molecule has 5 heteroatoms. The van der Waals surface area contributed by atoms with Crippen molar-refractivity contribution in [1.29, 1.82) is 0 Å². The highest BCUT2D eigenvalue weighted by atomic mass is 16.3. The van der Waals surface area contributed by atoms with Crippen LogP contribution >= 0.6 is 0 Å². The number of likely N-dealkylation sites (N-methyl/N-ethyl adjacent to an activating group) is 1. The maximum Gasteiger partial charge on any atom is 0.274 e. The molecule has 0 bridgehead atoms. The number of aliphatic hydroxyl groups is 1. The lowest BCUT2D eigenvalue weighted by atomic mass is 9.86. The summed E-state index contributed by atoms with van der Waals surface area (Å²) in [5, 5.41) is 13.9. The van der Waals surface area contributed by atoms with Gasteiger partial charge in [0.25, 0.3) is 5.91 Å². The molecular formula is C17H23N3O2. The number of hydrogen-bond acceptors (Lipinski definition) is 3. The largest absolute Gasteiger partial charge is 0.394 e. The third-order valence-electron chi connectivity index (χ3n) is 3.79. The molecular weight excluding hydrogens is 278 g/mol. The topological polar surface area (TPSA) is 58.4 Å². The SMILES string of the molecule is CN(C(=O)c1ccn(-c2ccccc2)n1)[C@@H](CO)C(C)(C)C. The predicted molar refractivity (Wildman–Crippen MR) is 86.0 cm³/mol. The Kier molecular flexibility index (Phi) is 4.66. The number of hydrogen-bond donors (Lipinski definition) is 1. The summed E-state index contributed by atoms with van der Waals surface area (Å²) in [6.45, 7) is 5.92. The van der Waals surface area contributed by atoms with Gasteiger partial charge in [-0.2, -0.15) is 5.10 Å². The highest BCUT2D eigenvalue weighted by Crippen LogP contribution is 2.24. The zero-order valence-corrected chi connectivity index (χ0v) is 13.5. The van der Waals surface area contributed by atoms with E-state index in [9.17, 15) is 9.90 Å². The van der Waals surface area contributed by atoms with E-state index in [1.54, 1.807) is 28.9 Å². The third kappa shape index (κ3) is 3.36. The fraction of sp³-hybridized carbons (Fsp3) is 0.412. The Morgan fingerprint density at radius 3 is 2.45 bits per heavy atom. The minimum absolute atomic E-state index is 0.0782. The van der Waals surface area contributed by atoms with E-state index >= 15 is 0 Å². The van der Waals surface area contributed by atoms with Gasteiger partial charge in [0.15, 0.2) is 5.69 Å². The molecule has 2 aromatic rings. The summed E-state index contributed by atoms with van der Waals surface area (Å²) in [6.07, 6.45) is 1.77. The van der Waals surface area contributed by atoms with Gasteiger partial charge in [-0.1, -0.05) is 39.0 Å². The van der Waals surface area contributed by atoms with Crippen molar-refractivity contribution in [3.63, 3.8) is 0 Å². The molecule has 2 rings (SSSR count). The first kappa shape index (κ1) is 16.2. The van der Waals surface area contributed by atoms with Gasteiger partial charge in [0, 0.05) is 13.2 Å². The first-order valence-electron chi connectivity index (χ1n) is 7.33. The Bertz CT molecular complexity index is 629. The molecule has 1 amide bonds. The summed E-state index contributed by atoms with van der Waals surface area (Å²) < 4.78 is 1.67. The summed E-state index contributed by atoms with van der Waals surface area (Å²) in [4.78, 5) is 14.1. The second kappa shape index (κ2) is 6.32. The van der Waals surface area contributed by atoms with Crippen LogP contribution in [0, 0.1) is 5.41 Å². The summed E-state index contributed by atoms with van der Waals surface area (Å²) in [6, 6.07) is 11.1. The Morgan fingerprint density at radius 2 is 1.91 bits per heavy atom. The molecule has 22 heavy (non-hydrogen) atoms. The minimum atomic E-state index is -0.262. The summed E-state index contributed by atoms with van der Waals surface area (Å²) in [5.74, 6) is -0.191. The monoisotopic (exact) mass is 301 g/mol. The Balaban J connectivity index is 2.22. The smallest absolute Gasteiger partial charge is 0.274 e. The summed E-state index contributed by atoms with van der Waals surface area (Å²) >= 11 is 0. The van der Waals surface area contributed by atoms with Crippen LogP contribution in [-0.4, -0.2) is 45.4 Å². The zero-order valence-electron chi connectivity index (χ0n) is 13.5.